The van der Waals surface area contributed by atoms with Gasteiger partial charge < -0.3 is 20.5 Å². The molecule has 0 unspecified atom stereocenters. The van der Waals surface area contributed by atoms with Crippen LogP contribution in [0.15, 0.2) is 66.0 Å². The quantitative estimate of drug-likeness (QED) is 0.269. The first-order valence-corrected chi connectivity index (χ1v) is 12.2. The molecule has 6 nitrogen and oxygen atoms in total. The molecule has 3 N–H and O–H groups in total. The second-order valence-corrected chi connectivity index (χ2v) is 9.53. The maximum atomic E-state index is 13.6. The molecule has 0 bridgehead atoms. The third kappa shape index (κ3) is 4.31. The van der Waals surface area contributed by atoms with Crippen LogP contribution in [0, 0.1) is 5.82 Å². The van der Waals surface area contributed by atoms with Crippen LogP contribution < -0.4 is 20.5 Å². The van der Waals surface area contributed by atoms with Gasteiger partial charge in [-0.15, -0.1) is 22.7 Å². The number of ether oxygens (including phenoxy) is 2. The van der Waals surface area contributed by atoms with Crippen molar-refractivity contribution in [1.29, 1.82) is 0 Å². The van der Waals surface area contributed by atoms with Gasteiger partial charge in [0.25, 0.3) is 5.91 Å². The van der Waals surface area contributed by atoms with E-state index in [4.69, 9.17) is 20.2 Å². The zero-order valence-corrected chi connectivity index (χ0v) is 20.4. The van der Waals surface area contributed by atoms with Crippen LogP contribution in [0.2, 0.25) is 0 Å². The number of amides is 1. The number of carbonyl (C=O) groups is 1. The summed E-state index contributed by atoms with van der Waals surface area (Å²) in [5.41, 5.74) is 9.73. The number of benzene rings is 2. The number of carbonyl (C=O) groups excluding carboxylic acids is 1. The van der Waals surface area contributed by atoms with E-state index in [1.54, 1.807) is 48.8 Å². The molecule has 0 aliphatic heterocycles. The summed E-state index contributed by atoms with van der Waals surface area (Å²) in [6, 6.07) is 17.2. The monoisotopic (exact) mass is 505 g/mol. The van der Waals surface area contributed by atoms with Crippen molar-refractivity contribution in [2.24, 2.45) is 0 Å². The molecule has 0 radical (unpaired) electrons. The number of halogens is 1. The first-order valence-electron chi connectivity index (χ1n) is 10.5. The number of rotatable bonds is 6. The van der Waals surface area contributed by atoms with E-state index in [-0.39, 0.29) is 11.7 Å². The normalized spacial score (nSPS) is 10.9. The number of hydrogen-bond acceptors (Lipinski definition) is 7. The molecule has 0 atom stereocenters. The van der Waals surface area contributed by atoms with E-state index in [0.717, 1.165) is 21.7 Å². The molecule has 176 valence electrons. The molecule has 5 aromatic rings. The van der Waals surface area contributed by atoms with E-state index in [0.29, 0.717) is 38.0 Å². The highest BCUT2D eigenvalue weighted by Crippen LogP contribution is 2.42. The molecule has 35 heavy (non-hydrogen) atoms. The minimum absolute atomic E-state index is 0.326. The number of anilines is 2. The Kier molecular flexibility index (Phi) is 6.10. The van der Waals surface area contributed by atoms with E-state index < -0.39 is 0 Å². The lowest BCUT2D eigenvalue weighted by Crippen LogP contribution is -2.12. The number of methoxy groups -OCH3 is 2. The second kappa shape index (κ2) is 9.36. The zero-order chi connectivity index (χ0) is 24.5. The fourth-order valence-corrected chi connectivity index (χ4v) is 5.50. The van der Waals surface area contributed by atoms with Gasteiger partial charge in [0.15, 0.2) is 11.5 Å². The lowest BCUT2D eigenvalue weighted by atomic mass is 10.0. The standard InChI is InChI=1S/C26H20FN3O3S2/c1-32-19-10-9-16(12-20(19)33-2)29-25(31)24-23(28)22-17(14-5-7-15(27)8-6-14)13-18(30-26(22)35-24)21-4-3-11-34-21/h3-13H,28H2,1-2H3,(H,29,31). The zero-order valence-electron chi connectivity index (χ0n) is 18.8. The number of pyridine rings is 1. The van der Waals surface area contributed by atoms with Crippen molar-refractivity contribution in [3.05, 3.63) is 76.7 Å². The predicted molar refractivity (Wildman–Crippen MR) is 140 cm³/mol. The average Bonchev–Trinajstić information content (AvgIpc) is 3.52. The number of hydrogen-bond donors (Lipinski definition) is 2. The first kappa shape index (κ1) is 22.8. The van der Waals surface area contributed by atoms with Crippen LogP contribution in [0.25, 0.3) is 31.9 Å². The van der Waals surface area contributed by atoms with Crippen molar-refractivity contribution < 1.29 is 18.7 Å². The minimum Gasteiger partial charge on any atom is -0.493 e. The number of aromatic nitrogens is 1. The van der Waals surface area contributed by atoms with E-state index >= 15 is 0 Å². The summed E-state index contributed by atoms with van der Waals surface area (Å²) >= 11 is 2.78. The molecule has 1 amide bonds. The van der Waals surface area contributed by atoms with Crippen LogP contribution in [0.3, 0.4) is 0 Å². The van der Waals surface area contributed by atoms with Crippen molar-refractivity contribution >= 4 is 50.2 Å². The summed E-state index contributed by atoms with van der Waals surface area (Å²) in [5, 5.41) is 5.52. The topological polar surface area (TPSA) is 86.5 Å². The molecule has 0 aliphatic carbocycles. The summed E-state index contributed by atoms with van der Waals surface area (Å²) in [6.07, 6.45) is 0. The van der Waals surface area contributed by atoms with Gasteiger partial charge in [-0.25, -0.2) is 9.37 Å². The fourth-order valence-electron chi connectivity index (χ4n) is 3.80. The van der Waals surface area contributed by atoms with E-state index in [1.165, 1.54) is 30.6 Å². The Morgan fingerprint density at radius 1 is 1.03 bits per heavy atom. The maximum Gasteiger partial charge on any atom is 0.267 e. The van der Waals surface area contributed by atoms with Crippen LogP contribution in [-0.4, -0.2) is 25.1 Å². The molecule has 5 rings (SSSR count). The molecule has 9 heteroatoms. The maximum absolute atomic E-state index is 13.6. The lowest BCUT2D eigenvalue weighted by Gasteiger charge is -2.10. The second-order valence-electron chi connectivity index (χ2n) is 7.59. The average molecular weight is 506 g/mol. The molecule has 0 spiro atoms. The number of nitrogens with two attached hydrogens (primary N) is 1. The van der Waals surface area contributed by atoms with Crippen LogP contribution >= 0.6 is 22.7 Å². The van der Waals surface area contributed by atoms with Crippen LogP contribution in [0.5, 0.6) is 11.5 Å². The summed E-state index contributed by atoms with van der Waals surface area (Å²) < 4.78 is 24.2. The summed E-state index contributed by atoms with van der Waals surface area (Å²) in [7, 11) is 3.07. The Morgan fingerprint density at radius 2 is 1.80 bits per heavy atom. The highest BCUT2D eigenvalue weighted by atomic mass is 32.1. The number of nitrogens with one attached hydrogen (secondary N) is 1. The molecule has 0 saturated carbocycles. The molecular formula is C26H20FN3O3S2. The van der Waals surface area contributed by atoms with Gasteiger partial charge in [-0.2, -0.15) is 0 Å². The van der Waals surface area contributed by atoms with Gasteiger partial charge in [0, 0.05) is 17.1 Å². The SMILES string of the molecule is COc1ccc(NC(=O)c2sc3nc(-c4cccs4)cc(-c4ccc(F)cc4)c3c2N)cc1OC. The van der Waals surface area contributed by atoms with Crippen LogP contribution in [0.4, 0.5) is 15.8 Å². The summed E-state index contributed by atoms with van der Waals surface area (Å²) in [4.78, 5) is 20.0. The Hall–Kier alpha value is -3.95. The van der Waals surface area contributed by atoms with Crippen LogP contribution in [-0.2, 0) is 0 Å². The fraction of sp³-hybridized carbons (Fsp3) is 0.0769. The Balaban J connectivity index is 1.61. The number of fused-ring (bicyclic) bond motifs is 1. The largest absolute Gasteiger partial charge is 0.493 e. The third-order valence-electron chi connectivity index (χ3n) is 5.48. The summed E-state index contributed by atoms with van der Waals surface area (Å²) in [5.74, 6) is 0.364. The van der Waals surface area contributed by atoms with E-state index in [2.05, 4.69) is 5.32 Å². The minimum atomic E-state index is -0.361. The predicted octanol–water partition coefficient (Wildman–Crippen LogP) is 6.68. The Morgan fingerprint density at radius 3 is 2.49 bits per heavy atom. The molecule has 2 aromatic carbocycles. The van der Waals surface area contributed by atoms with Gasteiger partial charge in [-0.1, -0.05) is 18.2 Å². The van der Waals surface area contributed by atoms with Crippen molar-refractivity contribution in [2.45, 2.75) is 0 Å². The molecule has 0 aliphatic rings. The molecular weight excluding hydrogens is 485 g/mol. The van der Waals surface area contributed by atoms with Gasteiger partial charge >= 0.3 is 0 Å². The van der Waals surface area contributed by atoms with Gasteiger partial charge in [-0.05, 0) is 52.9 Å². The number of nitrogen functional groups attached to an aromatic ring is 1. The van der Waals surface area contributed by atoms with Gasteiger partial charge in [0.1, 0.15) is 15.5 Å². The molecule has 3 heterocycles. The van der Waals surface area contributed by atoms with Crippen molar-refractivity contribution in [2.75, 3.05) is 25.3 Å². The van der Waals surface area contributed by atoms with Crippen molar-refractivity contribution in [3.63, 3.8) is 0 Å². The number of nitrogens with zero attached hydrogens (tertiary/aromatic N) is 1. The van der Waals surface area contributed by atoms with Crippen molar-refractivity contribution in [3.8, 4) is 33.2 Å². The Bertz CT molecular complexity index is 1530. The lowest BCUT2D eigenvalue weighted by molar-refractivity contribution is 0.103. The van der Waals surface area contributed by atoms with Crippen LogP contribution in [0.1, 0.15) is 9.67 Å². The van der Waals surface area contributed by atoms with Gasteiger partial charge in [-0.3, -0.25) is 4.79 Å². The number of thiophene rings is 2. The summed E-state index contributed by atoms with van der Waals surface area (Å²) in [6.45, 7) is 0. The van der Waals surface area contributed by atoms with Crippen molar-refractivity contribution in [1.82, 2.24) is 4.98 Å². The highest BCUT2D eigenvalue weighted by Gasteiger charge is 2.22. The first-order chi connectivity index (χ1) is 17.0. The van der Waals surface area contributed by atoms with Gasteiger partial charge in [0.2, 0.25) is 0 Å². The van der Waals surface area contributed by atoms with E-state index in [1.807, 2.05) is 23.6 Å². The van der Waals surface area contributed by atoms with E-state index in [9.17, 15) is 9.18 Å². The highest BCUT2D eigenvalue weighted by molar-refractivity contribution is 7.21. The Labute approximate surface area is 208 Å². The third-order valence-corrected chi connectivity index (χ3v) is 7.47. The molecule has 3 aromatic heterocycles. The molecule has 0 saturated heterocycles. The van der Waals surface area contributed by atoms with Gasteiger partial charge in [0.05, 0.1) is 30.5 Å². The molecule has 0 fully saturated rings. The smallest absolute Gasteiger partial charge is 0.267 e.